The molecule has 2 saturated heterocycles. The number of nitrogens with zero attached hydrogens (tertiary/aromatic N) is 4. The fourth-order valence-electron chi connectivity index (χ4n) is 2.98. The second kappa shape index (κ2) is 4.80. The normalized spacial score (nSPS) is 29.7. The van der Waals surface area contributed by atoms with Crippen LogP contribution in [0, 0.1) is 0 Å². The van der Waals surface area contributed by atoms with Crippen LogP contribution in [0.1, 0.15) is 12.5 Å². The zero-order valence-electron chi connectivity index (χ0n) is 11.5. The Morgan fingerprint density at radius 3 is 2.75 bits per heavy atom. The van der Waals surface area contributed by atoms with Gasteiger partial charge >= 0.3 is 0 Å². The van der Waals surface area contributed by atoms with Gasteiger partial charge in [-0.2, -0.15) is 9.40 Å². The lowest BCUT2D eigenvalue weighted by molar-refractivity contribution is -0.0201. The number of hydrogen-bond donors (Lipinski definition) is 1. The van der Waals surface area contributed by atoms with Crippen molar-refractivity contribution in [3.63, 3.8) is 0 Å². The first kappa shape index (κ1) is 14.0. The van der Waals surface area contributed by atoms with Crippen LogP contribution in [0.25, 0.3) is 0 Å². The van der Waals surface area contributed by atoms with Crippen molar-refractivity contribution in [3.05, 3.63) is 18.5 Å². The Labute approximate surface area is 118 Å². The van der Waals surface area contributed by atoms with Gasteiger partial charge in [0.25, 0.3) is 0 Å². The second-order valence-corrected chi connectivity index (χ2v) is 7.89. The number of aromatic nitrogens is 2. The van der Waals surface area contributed by atoms with Crippen molar-refractivity contribution in [2.24, 2.45) is 0 Å². The summed E-state index contributed by atoms with van der Waals surface area (Å²) in [6, 6.07) is 2.26. The van der Waals surface area contributed by atoms with E-state index < -0.39 is 15.6 Å². The van der Waals surface area contributed by atoms with E-state index in [1.54, 1.807) is 6.20 Å². The van der Waals surface area contributed by atoms with Gasteiger partial charge in [0.2, 0.25) is 10.0 Å². The van der Waals surface area contributed by atoms with Gasteiger partial charge in [-0.3, -0.25) is 9.58 Å². The van der Waals surface area contributed by atoms with E-state index in [9.17, 15) is 13.5 Å². The third-order valence-corrected chi connectivity index (χ3v) is 5.37. The maximum atomic E-state index is 11.5. The summed E-state index contributed by atoms with van der Waals surface area (Å²) in [4.78, 5) is 2.15. The molecule has 3 rings (SSSR count). The van der Waals surface area contributed by atoms with Crippen LogP contribution in [0.15, 0.2) is 18.5 Å². The van der Waals surface area contributed by atoms with E-state index >= 15 is 0 Å². The van der Waals surface area contributed by atoms with E-state index in [1.807, 2.05) is 16.9 Å². The maximum Gasteiger partial charge on any atom is 0.211 e. The Bertz CT molecular complexity index is 568. The number of hydrogen-bond acceptors (Lipinski definition) is 5. The van der Waals surface area contributed by atoms with Crippen LogP contribution in [0.4, 0.5) is 0 Å². The first-order chi connectivity index (χ1) is 9.36. The summed E-state index contributed by atoms with van der Waals surface area (Å²) >= 11 is 0. The number of aliphatic hydroxyl groups is 1. The summed E-state index contributed by atoms with van der Waals surface area (Å²) in [5.41, 5.74) is -0.918. The SMILES string of the molecule is CS(=O)(=O)N1CCC(O)(CN2CC(n3cccn3)C2)C1. The molecule has 2 aliphatic rings. The Hall–Kier alpha value is -0.960. The van der Waals surface area contributed by atoms with Crippen molar-refractivity contribution in [1.29, 1.82) is 0 Å². The molecule has 112 valence electrons. The molecular formula is C12H20N4O3S. The molecule has 1 aromatic heterocycles. The van der Waals surface area contributed by atoms with Crippen LogP contribution in [0.5, 0.6) is 0 Å². The minimum Gasteiger partial charge on any atom is -0.387 e. The number of sulfonamides is 1. The lowest BCUT2D eigenvalue weighted by atomic mass is 9.99. The molecule has 1 atom stereocenters. The zero-order chi connectivity index (χ0) is 14.4. The van der Waals surface area contributed by atoms with E-state index in [0.29, 0.717) is 25.6 Å². The number of β-amino-alcohol motifs (C(OH)–C–C–N with tert-alkyl or cyclic N) is 1. The van der Waals surface area contributed by atoms with Crippen molar-refractivity contribution >= 4 is 10.0 Å². The second-order valence-electron chi connectivity index (χ2n) is 5.90. The van der Waals surface area contributed by atoms with E-state index in [0.717, 1.165) is 13.1 Å². The van der Waals surface area contributed by atoms with Crippen molar-refractivity contribution < 1.29 is 13.5 Å². The monoisotopic (exact) mass is 300 g/mol. The van der Waals surface area contributed by atoms with Gasteiger partial charge in [-0.15, -0.1) is 0 Å². The first-order valence-electron chi connectivity index (χ1n) is 6.75. The van der Waals surface area contributed by atoms with Gasteiger partial charge in [-0.25, -0.2) is 8.42 Å². The quantitative estimate of drug-likeness (QED) is 0.782. The molecule has 1 unspecified atom stereocenters. The molecule has 1 aromatic rings. The minimum absolute atomic E-state index is 0.203. The predicted molar refractivity (Wildman–Crippen MR) is 73.7 cm³/mol. The largest absolute Gasteiger partial charge is 0.387 e. The molecule has 1 N–H and O–H groups in total. The summed E-state index contributed by atoms with van der Waals surface area (Å²) in [6.07, 6.45) is 5.40. The van der Waals surface area contributed by atoms with E-state index in [4.69, 9.17) is 0 Å². The van der Waals surface area contributed by atoms with E-state index in [2.05, 4.69) is 10.00 Å². The van der Waals surface area contributed by atoms with E-state index in [1.165, 1.54) is 10.6 Å². The predicted octanol–water partition coefficient (Wildman–Crippen LogP) is -0.864. The highest BCUT2D eigenvalue weighted by atomic mass is 32.2. The number of likely N-dealkylation sites (tertiary alicyclic amines) is 1. The molecule has 0 amide bonds. The Balaban J connectivity index is 1.53. The first-order valence-corrected chi connectivity index (χ1v) is 8.60. The average molecular weight is 300 g/mol. The molecule has 0 spiro atoms. The highest BCUT2D eigenvalue weighted by Gasteiger charge is 2.43. The highest BCUT2D eigenvalue weighted by Crippen LogP contribution is 2.28. The summed E-state index contributed by atoms with van der Waals surface area (Å²) in [7, 11) is -3.20. The molecule has 8 heteroatoms. The molecule has 0 radical (unpaired) electrons. The standard InChI is InChI=1S/C12H20N4O3S/c1-20(18,19)15-6-3-12(17,10-15)9-14-7-11(8-14)16-5-2-4-13-16/h2,4-5,11,17H,3,6-10H2,1H3. The average Bonchev–Trinajstić information content (AvgIpc) is 2.91. The van der Waals surface area contributed by atoms with Gasteiger partial charge in [0.15, 0.2) is 0 Å². The molecule has 2 fully saturated rings. The summed E-state index contributed by atoms with van der Waals surface area (Å²) in [5, 5.41) is 14.7. The summed E-state index contributed by atoms with van der Waals surface area (Å²) < 4.78 is 26.3. The summed E-state index contributed by atoms with van der Waals surface area (Å²) in [5.74, 6) is 0. The molecule has 0 saturated carbocycles. The van der Waals surface area contributed by atoms with Crippen molar-refractivity contribution in [3.8, 4) is 0 Å². The lowest BCUT2D eigenvalue weighted by Gasteiger charge is -2.42. The molecule has 3 heterocycles. The molecule has 20 heavy (non-hydrogen) atoms. The molecule has 0 aliphatic carbocycles. The molecule has 0 bridgehead atoms. The van der Waals surface area contributed by atoms with Crippen LogP contribution in [-0.2, 0) is 10.0 Å². The van der Waals surface area contributed by atoms with Gasteiger partial charge in [0, 0.05) is 45.1 Å². The summed E-state index contributed by atoms with van der Waals surface area (Å²) in [6.45, 7) is 2.84. The fraction of sp³-hybridized carbons (Fsp3) is 0.750. The Kier molecular flexibility index (Phi) is 3.36. The van der Waals surface area contributed by atoms with Gasteiger partial charge < -0.3 is 5.11 Å². The van der Waals surface area contributed by atoms with Gasteiger partial charge in [0.1, 0.15) is 0 Å². The van der Waals surface area contributed by atoms with Gasteiger partial charge in [-0.05, 0) is 12.5 Å². The third-order valence-electron chi connectivity index (χ3n) is 4.12. The maximum absolute atomic E-state index is 11.5. The van der Waals surface area contributed by atoms with Crippen LogP contribution >= 0.6 is 0 Å². The minimum atomic E-state index is -3.20. The van der Waals surface area contributed by atoms with Gasteiger partial charge in [-0.1, -0.05) is 0 Å². The Morgan fingerprint density at radius 1 is 1.45 bits per heavy atom. The van der Waals surface area contributed by atoms with Crippen molar-refractivity contribution in [1.82, 2.24) is 19.0 Å². The molecule has 2 aliphatic heterocycles. The molecule has 7 nitrogen and oxygen atoms in total. The van der Waals surface area contributed by atoms with Crippen LogP contribution in [0.3, 0.4) is 0 Å². The number of rotatable bonds is 4. The van der Waals surface area contributed by atoms with Crippen molar-refractivity contribution in [2.75, 3.05) is 39.0 Å². The van der Waals surface area contributed by atoms with Crippen molar-refractivity contribution in [2.45, 2.75) is 18.1 Å². The van der Waals surface area contributed by atoms with Crippen LogP contribution < -0.4 is 0 Å². The fourth-order valence-corrected chi connectivity index (χ4v) is 3.88. The van der Waals surface area contributed by atoms with E-state index in [-0.39, 0.29) is 6.54 Å². The zero-order valence-corrected chi connectivity index (χ0v) is 12.3. The third kappa shape index (κ3) is 2.73. The van der Waals surface area contributed by atoms with Crippen LogP contribution in [-0.4, -0.2) is 77.1 Å². The Morgan fingerprint density at radius 2 is 2.20 bits per heavy atom. The lowest BCUT2D eigenvalue weighted by Crippen LogP contribution is -2.55. The molecular weight excluding hydrogens is 280 g/mol. The molecule has 0 aromatic carbocycles. The van der Waals surface area contributed by atoms with Crippen LogP contribution in [0.2, 0.25) is 0 Å². The topological polar surface area (TPSA) is 78.7 Å². The smallest absolute Gasteiger partial charge is 0.211 e. The highest BCUT2D eigenvalue weighted by molar-refractivity contribution is 7.88. The van der Waals surface area contributed by atoms with Gasteiger partial charge in [0.05, 0.1) is 17.9 Å².